The quantitative estimate of drug-likeness (QED) is 0.909. The maximum atomic E-state index is 12.2. The summed E-state index contributed by atoms with van der Waals surface area (Å²) in [5.74, 6) is 0.972. The Kier molecular flexibility index (Phi) is 4.78. The molecule has 0 aliphatic carbocycles. The van der Waals surface area contributed by atoms with E-state index >= 15 is 0 Å². The number of hydrogen-bond acceptors (Lipinski definition) is 5. The van der Waals surface area contributed by atoms with Gasteiger partial charge in [0.05, 0.1) is 0 Å². The highest BCUT2D eigenvalue weighted by Gasteiger charge is 2.32. The number of carbonyl (C=O) groups is 1. The fourth-order valence-corrected chi connectivity index (χ4v) is 2.50. The second-order valence-corrected chi connectivity index (χ2v) is 6.69. The molecule has 1 aliphatic heterocycles. The summed E-state index contributed by atoms with van der Waals surface area (Å²) in [5.41, 5.74) is 5.17. The Morgan fingerprint density at radius 3 is 2.73 bits per heavy atom. The van der Waals surface area contributed by atoms with Crippen LogP contribution in [-0.2, 0) is 4.74 Å². The molecule has 1 aliphatic rings. The summed E-state index contributed by atoms with van der Waals surface area (Å²) in [6.45, 7) is 8.24. The van der Waals surface area contributed by atoms with Crippen molar-refractivity contribution in [2.45, 2.75) is 58.3 Å². The van der Waals surface area contributed by atoms with Gasteiger partial charge in [0, 0.05) is 31.5 Å². The summed E-state index contributed by atoms with van der Waals surface area (Å²) in [6, 6.07) is 5.40. The monoisotopic (exact) mass is 307 g/mol. The first-order chi connectivity index (χ1) is 10.2. The zero-order valence-corrected chi connectivity index (χ0v) is 13.7. The predicted molar refractivity (Wildman–Crippen MR) is 84.7 cm³/mol. The number of aromatic nitrogens is 1. The highest BCUT2D eigenvalue weighted by atomic mass is 16.6. The number of amides is 1. The van der Waals surface area contributed by atoms with Crippen molar-refractivity contribution in [3.8, 4) is 5.88 Å². The minimum Gasteiger partial charge on any atom is -0.474 e. The Labute approximate surface area is 131 Å². The van der Waals surface area contributed by atoms with Crippen molar-refractivity contribution >= 4 is 11.9 Å². The van der Waals surface area contributed by atoms with Crippen LogP contribution in [0.4, 0.5) is 10.6 Å². The number of nitrogen functional groups attached to an aromatic ring is 1. The molecule has 2 atom stereocenters. The third-order valence-electron chi connectivity index (χ3n) is 3.49. The number of nitrogens with zero attached hydrogens (tertiary/aromatic N) is 2. The number of nitrogens with two attached hydrogens (primary N) is 1. The van der Waals surface area contributed by atoms with Crippen molar-refractivity contribution in [3.05, 3.63) is 18.2 Å². The molecule has 0 aromatic carbocycles. The van der Waals surface area contributed by atoms with Crippen LogP contribution in [0.5, 0.6) is 5.88 Å². The lowest BCUT2D eigenvalue weighted by Gasteiger charge is -2.38. The number of rotatable bonds is 2. The molecule has 2 rings (SSSR count). The molecule has 6 heteroatoms. The molecule has 1 saturated heterocycles. The van der Waals surface area contributed by atoms with Crippen LogP contribution in [0, 0.1) is 0 Å². The maximum absolute atomic E-state index is 12.2. The molecule has 1 amide bonds. The molecule has 0 unspecified atom stereocenters. The van der Waals surface area contributed by atoms with Crippen LogP contribution in [0.15, 0.2) is 18.2 Å². The first-order valence-electron chi connectivity index (χ1n) is 7.63. The van der Waals surface area contributed by atoms with Crippen molar-refractivity contribution in [2.75, 3.05) is 12.3 Å². The van der Waals surface area contributed by atoms with E-state index in [1.165, 1.54) is 0 Å². The average Bonchev–Trinajstić information content (AvgIpc) is 2.36. The summed E-state index contributed by atoms with van der Waals surface area (Å²) < 4.78 is 11.3. The first kappa shape index (κ1) is 16.4. The summed E-state index contributed by atoms with van der Waals surface area (Å²) in [7, 11) is 0. The van der Waals surface area contributed by atoms with E-state index in [2.05, 4.69) is 4.98 Å². The molecule has 1 fully saturated rings. The zero-order chi connectivity index (χ0) is 16.3. The Morgan fingerprint density at radius 1 is 1.41 bits per heavy atom. The molecule has 0 radical (unpaired) electrons. The molecule has 1 aromatic heterocycles. The number of pyridine rings is 1. The van der Waals surface area contributed by atoms with Gasteiger partial charge in [0.25, 0.3) is 0 Å². The first-order valence-corrected chi connectivity index (χ1v) is 7.63. The summed E-state index contributed by atoms with van der Waals surface area (Å²) in [4.78, 5) is 18.1. The van der Waals surface area contributed by atoms with Gasteiger partial charge in [-0.15, -0.1) is 0 Å². The molecule has 1 aromatic rings. The maximum Gasteiger partial charge on any atom is 0.410 e. The van der Waals surface area contributed by atoms with Crippen molar-refractivity contribution in [1.29, 1.82) is 0 Å². The Bertz CT molecular complexity index is 528. The van der Waals surface area contributed by atoms with E-state index in [0.29, 0.717) is 18.2 Å². The molecule has 0 spiro atoms. The lowest BCUT2D eigenvalue weighted by molar-refractivity contribution is -0.00148. The van der Waals surface area contributed by atoms with Gasteiger partial charge < -0.3 is 20.1 Å². The van der Waals surface area contributed by atoms with E-state index in [1.54, 1.807) is 17.0 Å². The molecule has 0 bridgehead atoms. The second-order valence-electron chi connectivity index (χ2n) is 6.69. The van der Waals surface area contributed by atoms with Crippen molar-refractivity contribution in [1.82, 2.24) is 9.88 Å². The molecule has 0 saturated carbocycles. The average molecular weight is 307 g/mol. The predicted octanol–water partition coefficient (Wildman–Crippen LogP) is 2.83. The zero-order valence-electron chi connectivity index (χ0n) is 13.7. The van der Waals surface area contributed by atoms with E-state index in [9.17, 15) is 4.79 Å². The van der Waals surface area contributed by atoms with Crippen LogP contribution in [0.25, 0.3) is 0 Å². The molecule has 6 nitrogen and oxygen atoms in total. The Hall–Kier alpha value is -1.98. The molecular formula is C16H25N3O3. The van der Waals surface area contributed by atoms with E-state index in [4.69, 9.17) is 15.2 Å². The van der Waals surface area contributed by atoms with Gasteiger partial charge in [-0.2, -0.15) is 4.98 Å². The van der Waals surface area contributed by atoms with Gasteiger partial charge >= 0.3 is 6.09 Å². The summed E-state index contributed by atoms with van der Waals surface area (Å²) in [5, 5.41) is 0. The fraction of sp³-hybridized carbons (Fsp3) is 0.625. The Morgan fingerprint density at radius 2 is 2.14 bits per heavy atom. The van der Waals surface area contributed by atoms with Crippen molar-refractivity contribution < 1.29 is 14.3 Å². The number of anilines is 1. The molecular weight excluding hydrogens is 282 g/mol. The fourth-order valence-electron chi connectivity index (χ4n) is 2.50. The largest absolute Gasteiger partial charge is 0.474 e. The Balaban J connectivity index is 1.91. The van der Waals surface area contributed by atoms with Gasteiger partial charge in [-0.25, -0.2) is 4.79 Å². The minimum atomic E-state index is -0.477. The number of piperidine rings is 1. The van der Waals surface area contributed by atoms with E-state index < -0.39 is 5.60 Å². The standard InChI is InChI=1S/C16H25N3O3/c1-11-10-12(21-14-7-5-6-13(17)18-14)8-9-19(11)15(20)22-16(2,3)4/h5-7,11-12H,8-10H2,1-4H3,(H2,17,18)/t11-,12-/m1/s1. The van der Waals surface area contributed by atoms with Crippen LogP contribution >= 0.6 is 0 Å². The molecule has 2 N–H and O–H groups in total. The van der Waals surface area contributed by atoms with Crippen LogP contribution in [-0.4, -0.2) is 40.3 Å². The minimum absolute atomic E-state index is 0.0305. The number of ether oxygens (including phenoxy) is 2. The molecule has 22 heavy (non-hydrogen) atoms. The van der Waals surface area contributed by atoms with Crippen molar-refractivity contribution in [2.24, 2.45) is 0 Å². The van der Waals surface area contributed by atoms with E-state index in [0.717, 1.165) is 12.8 Å². The lowest BCUT2D eigenvalue weighted by atomic mass is 10.0. The van der Waals surface area contributed by atoms with Crippen LogP contribution < -0.4 is 10.5 Å². The van der Waals surface area contributed by atoms with Crippen molar-refractivity contribution in [3.63, 3.8) is 0 Å². The van der Waals surface area contributed by atoms with Crippen LogP contribution in [0.1, 0.15) is 40.5 Å². The smallest absolute Gasteiger partial charge is 0.410 e. The highest BCUT2D eigenvalue weighted by molar-refractivity contribution is 5.68. The summed E-state index contributed by atoms with van der Waals surface area (Å²) >= 11 is 0. The lowest BCUT2D eigenvalue weighted by Crippen LogP contribution is -2.49. The highest BCUT2D eigenvalue weighted by Crippen LogP contribution is 2.24. The number of likely N-dealkylation sites (tertiary alicyclic amines) is 1. The van der Waals surface area contributed by atoms with Crippen LogP contribution in [0.3, 0.4) is 0 Å². The molecule has 122 valence electrons. The topological polar surface area (TPSA) is 77.7 Å². The SMILES string of the molecule is C[C@@H]1C[C@H](Oc2cccc(N)n2)CCN1C(=O)OC(C)(C)C. The van der Waals surface area contributed by atoms with E-state index in [1.807, 2.05) is 33.8 Å². The van der Waals surface area contributed by atoms with Gasteiger partial charge in [-0.3, -0.25) is 0 Å². The molecule has 2 heterocycles. The third kappa shape index (κ3) is 4.51. The number of carbonyl (C=O) groups excluding carboxylic acids is 1. The number of hydrogen-bond donors (Lipinski definition) is 1. The van der Waals surface area contributed by atoms with Gasteiger partial charge in [-0.1, -0.05) is 6.07 Å². The third-order valence-corrected chi connectivity index (χ3v) is 3.49. The van der Waals surface area contributed by atoms with Gasteiger partial charge in [0.15, 0.2) is 0 Å². The normalized spacial score (nSPS) is 22.3. The van der Waals surface area contributed by atoms with E-state index in [-0.39, 0.29) is 18.2 Å². The van der Waals surface area contributed by atoms with Gasteiger partial charge in [0.2, 0.25) is 5.88 Å². The van der Waals surface area contributed by atoms with Crippen LogP contribution in [0.2, 0.25) is 0 Å². The second kappa shape index (κ2) is 6.42. The van der Waals surface area contributed by atoms with Gasteiger partial charge in [-0.05, 0) is 33.8 Å². The summed E-state index contributed by atoms with van der Waals surface area (Å²) in [6.07, 6.45) is 1.26. The van der Waals surface area contributed by atoms with Gasteiger partial charge in [0.1, 0.15) is 17.5 Å².